The molecule has 3 N–H and O–H groups in total. The van der Waals surface area contributed by atoms with Crippen LogP contribution in [-0.2, 0) is 4.79 Å². The highest BCUT2D eigenvalue weighted by Crippen LogP contribution is 2.27. The molecule has 1 fully saturated rings. The zero-order valence-corrected chi connectivity index (χ0v) is 9.74. The summed E-state index contributed by atoms with van der Waals surface area (Å²) in [7, 11) is 0. The van der Waals surface area contributed by atoms with Gasteiger partial charge in [0.2, 0.25) is 5.91 Å². The molecule has 4 nitrogen and oxygen atoms in total. The Morgan fingerprint density at radius 1 is 1.59 bits per heavy atom. The molecule has 1 amide bonds. The minimum absolute atomic E-state index is 0.0379. The fourth-order valence-corrected chi connectivity index (χ4v) is 2.18. The van der Waals surface area contributed by atoms with Gasteiger partial charge in [0.05, 0.1) is 11.4 Å². The van der Waals surface area contributed by atoms with Crippen LogP contribution in [0.3, 0.4) is 0 Å². The van der Waals surface area contributed by atoms with E-state index in [0.29, 0.717) is 17.9 Å². The molecule has 1 aromatic carbocycles. The van der Waals surface area contributed by atoms with Crippen molar-refractivity contribution in [2.75, 3.05) is 23.7 Å². The number of rotatable bonds is 2. The van der Waals surface area contributed by atoms with Crippen LogP contribution in [0.1, 0.15) is 13.3 Å². The first kappa shape index (κ1) is 11.7. The number of carbonyl (C=O) groups excluding carboxylic acids is 1. The van der Waals surface area contributed by atoms with Crippen molar-refractivity contribution < 1.29 is 9.18 Å². The van der Waals surface area contributed by atoms with Gasteiger partial charge in [-0.25, -0.2) is 4.39 Å². The van der Waals surface area contributed by atoms with Gasteiger partial charge < -0.3 is 16.0 Å². The average molecular weight is 237 g/mol. The van der Waals surface area contributed by atoms with E-state index >= 15 is 0 Å². The second kappa shape index (κ2) is 4.61. The minimum Gasteiger partial charge on any atom is -0.397 e. The number of halogens is 1. The number of nitrogens with two attached hydrogens (primary N) is 1. The molecular formula is C12H16FN3O. The van der Waals surface area contributed by atoms with E-state index in [1.165, 1.54) is 19.1 Å². The first-order valence-electron chi connectivity index (χ1n) is 5.63. The maximum absolute atomic E-state index is 13.2. The van der Waals surface area contributed by atoms with Gasteiger partial charge in [0.25, 0.3) is 0 Å². The van der Waals surface area contributed by atoms with E-state index in [4.69, 9.17) is 5.73 Å². The number of nitrogens with zero attached hydrogens (tertiary/aromatic N) is 1. The van der Waals surface area contributed by atoms with E-state index in [2.05, 4.69) is 5.32 Å². The van der Waals surface area contributed by atoms with Crippen LogP contribution in [0, 0.1) is 5.82 Å². The lowest BCUT2D eigenvalue weighted by molar-refractivity contribution is -0.119. The van der Waals surface area contributed by atoms with Gasteiger partial charge in [0.15, 0.2) is 0 Å². The van der Waals surface area contributed by atoms with Crippen molar-refractivity contribution in [2.24, 2.45) is 0 Å². The summed E-state index contributed by atoms with van der Waals surface area (Å²) < 4.78 is 13.2. The van der Waals surface area contributed by atoms with Crippen LogP contribution in [0.2, 0.25) is 0 Å². The zero-order chi connectivity index (χ0) is 12.4. The molecular weight excluding hydrogens is 221 g/mol. The monoisotopic (exact) mass is 237 g/mol. The van der Waals surface area contributed by atoms with Gasteiger partial charge in [-0.15, -0.1) is 0 Å². The highest BCUT2D eigenvalue weighted by atomic mass is 19.1. The molecule has 0 bridgehead atoms. The SMILES string of the molecule is CC(=O)NC1CCN(c2cc(F)ccc2N)C1. The van der Waals surface area contributed by atoms with Crippen molar-refractivity contribution in [1.82, 2.24) is 5.32 Å². The van der Waals surface area contributed by atoms with E-state index in [1.54, 1.807) is 6.07 Å². The Hall–Kier alpha value is -1.78. The molecule has 1 saturated heterocycles. The van der Waals surface area contributed by atoms with Crippen molar-refractivity contribution in [1.29, 1.82) is 0 Å². The summed E-state index contributed by atoms with van der Waals surface area (Å²) >= 11 is 0. The third kappa shape index (κ3) is 2.67. The molecule has 0 aliphatic carbocycles. The Balaban J connectivity index is 2.09. The van der Waals surface area contributed by atoms with E-state index in [1.807, 2.05) is 4.90 Å². The first-order valence-corrected chi connectivity index (χ1v) is 5.63. The maximum Gasteiger partial charge on any atom is 0.217 e. The van der Waals surface area contributed by atoms with Crippen LogP contribution >= 0.6 is 0 Å². The molecule has 1 aliphatic heterocycles. The number of hydrogen-bond donors (Lipinski definition) is 2. The van der Waals surface area contributed by atoms with E-state index in [9.17, 15) is 9.18 Å². The van der Waals surface area contributed by atoms with Gasteiger partial charge >= 0.3 is 0 Å². The van der Waals surface area contributed by atoms with Crippen LogP contribution in [0.15, 0.2) is 18.2 Å². The molecule has 0 aromatic heterocycles. The van der Waals surface area contributed by atoms with Crippen LogP contribution < -0.4 is 16.0 Å². The molecule has 0 spiro atoms. The zero-order valence-electron chi connectivity index (χ0n) is 9.74. The topological polar surface area (TPSA) is 58.4 Å². The van der Waals surface area contributed by atoms with Crippen molar-refractivity contribution >= 4 is 17.3 Å². The summed E-state index contributed by atoms with van der Waals surface area (Å²) in [4.78, 5) is 12.9. The largest absolute Gasteiger partial charge is 0.397 e. The molecule has 0 saturated carbocycles. The lowest BCUT2D eigenvalue weighted by Gasteiger charge is -2.20. The second-order valence-electron chi connectivity index (χ2n) is 4.34. The molecule has 92 valence electrons. The highest BCUT2D eigenvalue weighted by molar-refractivity contribution is 5.74. The number of hydrogen-bond acceptors (Lipinski definition) is 3. The predicted molar refractivity (Wildman–Crippen MR) is 65.2 cm³/mol. The summed E-state index contributed by atoms with van der Waals surface area (Å²) in [6.07, 6.45) is 0.857. The summed E-state index contributed by atoms with van der Waals surface area (Å²) in [5.41, 5.74) is 7.09. The van der Waals surface area contributed by atoms with Crippen molar-refractivity contribution in [3.8, 4) is 0 Å². The van der Waals surface area contributed by atoms with Gasteiger partial charge in [0, 0.05) is 26.1 Å². The lowest BCUT2D eigenvalue weighted by atomic mass is 10.2. The third-order valence-corrected chi connectivity index (χ3v) is 2.93. The fraction of sp³-hybridized carbons (Fsp3) is 0.417. The number of carbonyl (C=O) groups is 1. The first-order chi connectivity index (χ1) is 8.06. The molecule has 1 heterocycles. The summed E-state index contributed by atoms with van der Waals surface area (Å²) in [5.74, 6) is -0.332. The number of nitrogen functional groups attached to an aromatic ring is 1. The molecule has 0 radical (unpaired) electrons. The van der Waals surface area contributed by atoms with Crippen molar-refractivity contribution in [3.63, 3.8) is 0 Å². The Morgan fingerprint density at radius 2 is 2.35 bits per heavy atom. The number of anilines is 2. The maximum atomic E-state index is 13.2. The Kier molecular flexibility index (Phi) is 3.17. The van der Waals surface area contributed by atoms with Gasteiger partial charge in [-0.1, -0.05) is 0 Å². The minimum atomic E-state index is -0.294. The van der Waals surface area contributed by atoms with E-state index < -0.39 is 0 Å². The normalized spacial score (nSPS) is 19.4. The summed E-state index contributed by atoms with van der Waals surface area (Å²) in [5, 5.41) is 2.86. The number of nitrogens with one attached hydrogen (secondary N) is 1. The Labute approximate surface area is 99.6 Å². The van der Waals surface area contributed by atoms with Gasteiger partial charge in [-0.2, -0.15) is 0 Å². The van der Waals surface area contributed by atoms with E-state index in [-0.39, 0.29) is 17.8 Å². The quantitative estimate of drug-likeness (QED) is 0.758. The molecule has 17 heavy (non-hydrogen) atoms. The fourth-order valence-electron chi connectivity index (χ4n) is 2.18. The predicted octanol–water partition coefficient (Wildman–Crippen LogP) is 1.12. The van der Waals surface area contributed by atoms with Gasteiger partial charge in [-0.3, -0.25) is 4.79 Å². The van der Waals surface area contributed by atoms with Crippen LogP contribution in [0.4, 0.5) is 15.8 Å². The lowest BCUT2D eigenvalue weighted by Crippen LogP contribution is -2.35. The second-order valence-corrected chi connectivity index (χ2v) is 4.34. The molecule has 2 rings (SSSR count). The Morgan fingerprint density at radius 3 is 3.06 bits per heavy atom. The van der Waals surface area contributed by atoms with Gasteiger partial charge in [-0.05, 0) is 24.6 Å². The van der Waals surface area contributed by atoms with Crippen LogP contribution in [0.25, 0.3) is 0 Å². The standard InChI is InChI=1S/C12H16FN3O/c1-8(17)15-10-4-5-16(7-10)12-6-9(13)2-3-11(12)14/h2-3,6,10H,4-5,7,14H2,1H3,(H,15,17). The summed E-state index contributed by atoms with van der Waals surface area (Å²) in [6.45, 7) is 2.95. The van der Waals surface area contributed by atoms with Crippen LogP contribution in [-0.4, -0.2) is 25.0 Å². The average Bonchev–Trinajstić information content (AvgIpc) is 2.69. The Bertz CT molecular complexity index is 436. The molecule has 1 atom stereocenters. The molecule has 1 aliphatic rings. The van der Waals surface area contributed by atoms with Crippen LogP contribution in [0.5, 0.6) is 0 Å². The van der Waals surface area contributed by atoms with Crippen molar-refractivity contribution in [2.45, 2.75) is 19.4 Å². The smallest absolute Gasteiger partial charge is 0.217 e. The number of benzene rings is 1. The third-order valence-electron chi connectivity index (χ3n) is 2.93. The van der Waals surface area contributed by atoms with Crippen molar-refractivity contribution in [3.05, 3.63) is 24.0 Å². The molecule has 1 unspecified atom stereocenters. The highest BCUT2D eigenvalue weighted by Gasteiger charge is 2.24. The molecule has 1 aromatic rings. The van der Waals surface area contributed by atoms with Gasteiger partial charge in [0.1, 0.15) is 5.82 Å². The number of amides is 1. The molecule has 5 heteroatoms. The van der Waals surface area contributed by atoms with E-state index in [0.717, 1.165) is 13.0 Å². The summed E-state index contributed by atoms with van der Waals surface area (Å²) in [6, 6.07) is 4.47.